The Morgan fingerprint density at radius 3 is 2.89 bits per heavy atom. The number of likely N-dealkylation sites (tertiary alicyclic amines) is 1. The maximum absolute atomic E-state index is 12.0. The van der Waals surface area contributed by atoms with Crippen molar-refractivity contribution < 1.29 is 9.59 Å². The molecular formula is C12H17N5O2. The third-order valence-electron chi connectivity index (χ3n) is 3.64. The van der Waals surface area contributed by atoms with Crippen molar-refractivity contribution in [1.82, 2.24) is 25.6 Å². The topological polar surface area (TPSA) is 91.0 Å². The lowest BCUT2D eigenvalue weighted by atomic mass is 10.0. The Balaban J connectivity index is 1.56. The average molecular weight is 263 g/mol. The minimum atomic E-state index is -0.237. The third-order valence-corrected chi connectivity index (χ3v) is 3.64. The Morgan fingerprint density at radius 1 is 1.37 bits per heavy atom. The molecule has 7 nitrogen and oxygen atoms in total. The van der Waals surface area contributed by atoms with E-state index in [9.17, 15) is 9.59 Å². The minimum Gasteiger partial charge on any atom is -0.346 e. The molecule has 2 heterocycles. The van der Waals surface area contributed by atoms with Gasteiger partial charge in [0.05, 0.1) is 6.20 Å². The van der Waals surface area contributed by atoms with Crippen molar-refractivity contribution in [2.75, 3.05) is 13.1 Å². The largest absolute Gasteiger partial charge is 0.346 e. The molecule has 1 aromatic rings. The van der Waals surface area contributed by atoms with Gasteiger partial charge in [-0.25, -0.2) is 0 Å². The van der Waals surface area contributed by atoms with Crippen LogP contribution in [-0.2, 0) is 4.79 Å². The summed E-state index contributed by atoms with van der Waals surface area (Å²) in [6.45, 7) is 1.42. The molecule has 0 unspecified atom stereocenters. The van der Waals surface area contributed by atoms with E-state index in [1.54, 1.807) is 0 Å². The summed E-state index contributed by atoms with van der Waals surface area (Å²) in [5, 5.41) is 12.7. The van der Waals surface area contributed by atoms with Gasteiger partial charge in [0.25, 0.3) is 5.91 Å². The number of nitrogens with one attached hydrogen (secondary N) is 2. The molecule has 1 aliphatic heterocycles. The van der Waals surface area contributed by atoms with Crippen molar-refractivity contribution >= 4 is 11.8 Å². The van der Waals surface area contributed by atoms with Crippen LogP contribution in [0.3, 0.4) is 0 Å². The Morgan fingerprint density at radius 2 is 2.21 bits per heavy atom. The van der Waals surface area contributed by atoms with Crippen LogP contribution in [0.2, 0.25) is 0 Å². The molecule has 3 rings (SSSR count). The normalized spacial score (nSPS) is 23.2. The van der Waals surface area contributed by atoms with E-state index in [0.717, 1.165) is 32.2 Å². The highest BCUT2D eigenvalue weighted by Gasteiger charge is 2.35. The lowest BCUT2D eigenvalue weighted by molar-refractivity contribution is -0.133. The number of piperidine rings is 1. The average Bonchev–Trinajstić information content (AvgIpc) is 3.12. The number of carbonyl (C=O) groups excluding carboxylic acids is 2. The molecule has 2 N–H and O–H groups in total. The van der Waals surface area contributed by atoms with Gasteiger partial charge in [-0.1, -0.05) is 0 Å². The maximum Gasteiger partial charge on any atom is 0.273 e. The molecule has 7 heteroatoms. The number of hydrogen-bond acceptors (Lipinski definition) is 4. The van der Waals surface area contributed by atoms with Crippen LogP contribution < -0.4 is 5.32 Å². The number of nitrogens with zero attached hydrogens (tertiary/aromatic N) is 3. The van der Waals surface area contributed by atoms with E-state index in [4.69, 9.17) is 0 Å². The summed E-state index contributed by atoms with van der Waals surface area (Å²) < 4.78 is 0. The summed E-state index contributed by atoms with van der Waals surface area (Å²) >= 11 is 0. The smallest absolute Gasteiger partial charge is 0.273 e. The minimum absolute atomic E-state index is 0.0145. The second kappa shape index (κ2) is 4.99. The number of amides is 2. The fourth-order valence-electron chi connectivity index (χ4n) is 2.45. The second-order valence-electron chi connectivity index (χ2n) is 5.23. The SMILES string of the molecule is O=C(N[C@@H]1CCCN(C(=O)C2CC2)C1)c1cn[nH]n1. The number of rotatable bonds is 3. The zero-order valence-electron chi connectivity index (χ0n) is 10.6. The number of H-pyrrole nitrogens is 1. The lowest BCUT2D eigenvalue weighted by Gasteiger charge is -2.33. The van der Waals surface area contributed by atoms with Crippen LogP contribution >= 0.6 is 0 Å². The molecule has 1 aliphatic carbocycles. The molecule has 102 valence electrons. The van der Waals surface area contributed by atoms with Crippen molar-refractivity contribution in [3.8, 4) is 0 Å². The van der Waals surface area contributed by atoms with Crippen LogP contribution in [0.5, 0.6) is 0 Å². The van der Waals surface area contributed by atoms with Gasteiger partial charge in [-0.3, -0.25) is 9.59 Å². The van der Waals surface area contributed by atoms with Crippen molar-refractivity contribution in [1.29, 1.82) is 0 Å². The van der Waals surface area contributed by atoms with E-state index >= 15 is 0 Å². The van der Waals surface area contributed by atoms with Gasteiger partial charge in [-0.05, 0) is 25.7 Å². The van der Waals surface area contributed by atoms with E-state index in [1.807, 2.05) is 4.90 Å². The summed E-state index contributed by atoms with van der Waals surface area (Å²) in [6, 6.07) is 0.0145. The van der Waals surface area contributed by atoms with Crippen molar-refractivity contribution in [3.05, 3.63) is 11.9 Å². The summed E-state index contributed by atoms with van der Waals surface area (Å²) in [7, 11) is 0. The molecule has 2 amide bonds. The van der Waals surface area contributed by atoms with Crippen LogP contribution in [0.1, 0.15) is 36.2 Å². The molecule has 19 heavy (non-hydrogen) atoms. The van der Waals surface area contributed by atoms with E-state index in [2.05, 4.69) is 20.7 Å². The van der Waals surface area contributed by atoms with E-state index in [0.29, 0.717) is 6.54 Å². The Hall–Kier alpha value is -1.92. The first-order valence-electron chi connectivity index (χ1n) is 6.69. The molecule has 2 fully saturated rings. The van der Waals surface area contributed by atoms with Crippen LogP contribution in [-0.4, -0.2) is 51.3 Å². The van der Waals surface area contributed by atoms with E-state index in [1.165, 1.54) is 6.20 Å². The third kappa shape index (κ3) is 2.74. The highest BCUT2D eigenvalue weighted by atomic mass is 16.2. The molecule has 0 radical (unpaired) electrons. The maximum atomic E-state index is 12.0. The zero-order chi connectivity index (χ0) is 13.2. The molecule has 0 bridgehead atoms. The predicted octanol–water partition coefficient (Wildman–Crippen LogP) is -0.0645. The molecular weight excluding hydrogens is 246 g/mol. The van der Waals surface area contributed by atoms with Gasteiger partial charge in [0.2, 0.25) is 5.91 Å². The molecule has 1 saturated carbocycles. The standard InChI is InChI=1S/C12H17N5O2/c18-11(10-6-13-16-15-10)14-9-2-1-5-17(7-9)12(19)8-3-4-8/h6,8-9H,1-5,7H2,(H,14,18)(H,13,15,16)/t9-/m1/s1. The van der Waals surface area contributed by atoms with Crippen LogP contribution in [0, 0.1) is 5.92 Å². The van der Waals surface area contributed by atoms with Gasteiger partial charge in [0.15, 0.2) is 5.69 Å². The first-order valence-corrected chi connectivity index (χ1v) is 6.69. The second-order valence-corrected chi connectivity index (χ2v) is 5.23. The van der Waals surface area contributed by atoms with Gasteiger partial charge in [-0.2, -0.15) is 15.4 Å². The highest BCUT2D eigenvalue weighted by molar-refractivity contribution is 5.92. The Kier molecular flexibility index (Phi) is 3.18. The Bertz CT molecular complexity index is 468. The van der Waals surface area contributed by atoms with Crippen LogP contribution in [0.4, 0.5) is 0 Å². The van der Waals surface area contributed by atoms with E-state index < -0.39 is 0 Å². The zero-order valence-corrected chi connectivity index (χ0v) is 10.6. The monoisotopic (exact) mass is 263 g/mol. The first kappa shape index (κ1) is 12.1. The summed E-state index contributed by atoms with van der Waals surface area (Å²) in [6.07, 6.45) is 5.27. The van der Waals surface area contributed by atoms with Gasteiger partial charge in [-0.15, -0.1) is 0 Å². The number of hydrogen-bond donors (Lipinski definition) is 2. The molecule has 1 atom stereocenters. The highest BCUT2D eigenvalue weighted by Crippen LogP contribution is 2.31. The molecule has 0 spiro atoms. The quantitative estimate of drug-likeness (QED) is 0.799. The van der Waals surface area contributed by atoms with Gasteiger partial charge >= 0.3 is 0 Å². The number of aromatic nitrogens is 3. The summed E-state index contributed by atoms with van der Waals surface area (Å²) in [5.74, 6) is 0.254. The summed E-state index contributed by atoms with van der Waals surface area (Å²) in [5.41, 5.74) is 0.283. The van der Waals surface area contributed by atoms with Gasteiger partial charge < -0.3 is 10.2 Å². The fourth-order valence-corrected chi connectivity index (χ4v) is 2.45. The predicted molar refractivity (Wildman–Crippen MR) is 66.2 cm³/mol. The Labute approximate surface area is 110 Å². The molecule has 1 saturated heterocycles. The van der Waals surface area contributed by atoms with Crippen molar-refractivity contribution in [2.24, 2.45) is 5.92 Å². The van der Waals surface area contributed by atoms with Crippen molar-refractivity contribution in [3.63, 3.8) is 0 Å². The summed E-state index contributed by atoms with van der Waals surface area (Å²) in [4.78, 5) is 25.7. The fraction of sp³-hybridized carbons (Fsp3) is 0.667. The molecule has 0 aromatic carbocycles. The van der Waals surface area contributed by atoms with Crippen LogP contribution in [0.25, 0.3) is 0 Å². The molecule has 2 aliphatic rings. The number of aromatic amines is 1. The number of carbonyl (C=O) groups is 2. The van der Waals surface area contributed by atoms with E-state index in [-0.39, 0.29) is 29.5 Å². The van der Waals surface area contributed by atoms with Crippen LogP contribution in [0.15, 0.2) is 6.20 Å². The van der Waals surface area contributed by atoms with Crippen molar-refractivity contribution in [2.45, 2.75) is 31.7 Å². The lowest BCUT2D eigenvalue weighted by Crippen LogP contribution is -2.50. The first-order chi connectivity index (χ1) is 9.24. The van der Waals surface area contributed by atoms with Gasteiger partial charge in [0, 0.05) is 25.0 Å². The van der Waals surface area contributed by atoms with Gasteiger partial charge in [0.1, 0.15) is 0 Å². The molecule has 1 aromatic heterocycles.